The van der Waals surface area contributed by atoms with Crippen molar-refractivity contribution in [3.63, 3.8) is 0 Å². The molecule has 0 aliphatic carbocycles. The maximum atomic E-state index is 9.39. The number of fused-ring (bicyclic) bond motifs is 1. The van der Waals surface area contributed by atoms with Gasteiger partial charge in [0.15, 0.2) is 3.95 Å². The molecular formula is C13H9ClN2S3. The lowest BCUT2D eigenvalue weighted by atomic mass is 9.87. The van der Waals surface area contributed by atoms with Crippen LogP contribution >= 0.6 is 46.9 Å². The van der Waals surface area contributed by atoms with Crippen LogP contribution in [0.1, 0.15) is 16.4 Å². The molecule has 2 atom stereocenters. The number of nitriles is 1. The third-order valence-electron chi connectivity index (χ3n) is 3.13. The van der Waals surface area contributed by atoms with E-state index in [2.05, 4.69) is 11.1 Å². The molecule has 3 rings (SSSR count). The van der Waals surface area contributed by atoms with Gasteiger partial charge in [-0.25, -0.2) is 0 Å². The summed E-state index contributed by atoms with van der Waals surface area (Å²) in [6.45, 7) is 0. The van der Waals surface area contributed by atoms with Gasteiger partial charge in [0.2, 0.25) is 0 Å². The first-order chi connectivity index (χ1) is 9.19. The van der Waals surface area contributed by atoms with Crippen molar-refractivity contribution in [2.75, 3.05) is 5.75 Å². The summed E-state index contributed by atoms with van der Waals surface area (Å²) in [5.74, 6) is 0.857. The highest BCUT2D eigenvalue weighted by molar-refractivity contribution is 7.99. The molecule has 1 aliphatic heterocycles. The molecule has 19 heavy (non-hydrogen) atoms. The van der Waals surface area contributed by atoms with E-state index >= 15 is 0 Å². The van der Waals surface area contributed by atoms with Gasteiger partial charge in [0, 0.05) is 21.6 Å². The molecule has 96 valence electrons. The van der Waals surface area contributed by atoms with Crippen LogP contribution in [-0.2, 0) is 0 Å². The number of thiazole rings is 1. The third kappa shape index (κ3) is 2.46. The Morgan fingerprint density at radius 3 is 2.79 bits per heavy atom. The minimum absolute atomic E-state index is 0.0277. The number of H-pyrrole nitrogens is 1. The van der Waals surface area contributed by atoms with Gasteiger partial charge in [-0.3, -0.25) is 0 Å². The highest BCUT2D eigenvalue weighted by Gasteiger charge is 2.33. The van der Waals surface area contributed by atoms with Crippen LogP contribution in [0.3, 0.4) is 0 Å². The topological polar surface area (TPSA) is 39.6 Å². The molecule has 2 heterocycles. The van der Waals surface area contributed by atoms with Gasteiger partial charge < -0.3 is 4.98 Å². The van der Waals surface area contributed by atoms with E-state index in [0.717, 1.165) is 20.3 Å². The van der Waals surface area contributed by atoms with Crippen molar-refractivity contribution in [1.29, 1.82) is 5.26 Å². The van der Waals surface area contributed by atoms with Crippen molar-refractivity contribution in [3.8, 4) is 6.07 Å². The number of aromatic amines is 1. The molecule has 0 bridgehead atoms. The number of halogens is 1. The highest BCUT2D eigenvalue weighted by atomic mass is 35.5. The van der Waals surface area contributed by atoms with E-state index in [9.17, 15) is 5.26 Å². The van der Waals surface area contributed by atoms with E-state index in [1.165, 1.54) is 4.88 Å². The molecule has 1 aromatic heterocycles. The summed E-state index contributed by atoms with van der Waals surface area (Å²) in [7, 11) is 0. The average Bonchev–Trinajstić information content (AvgIpc) is 2.79. The summed E-state index contributed by atoms with van der Waals surface area (Å²) in [5, 5.41) is 11.2. The smallest absolute Gasteiger partial charge is 0.159 e. The summed E-state index contributed by atoms with van der Waals surface area (Å²) >= 11 is 14.4. The maximum absolute atomic E-state index is 9.39. The number of rotatable bonds is 1. The number of aromatic nitrogens is 1. The van der Waals surface area contributed by atoms with Crippen molar-refractivity contribution in [2.45, 2.75) is 10.9 Å². The van der Waals surface area contributed by atoms with Gasteiger partial charge in [0.1, 0.15) is 0 Å². The molecule has 1 aromatic carbocycles. The molecule has 6 heteroatoms. The van der Waals surface area contributed by atoms with Gasteiger partial charge >= 0.3 is 0 Å². The Bertz CT molecular complexity index is 696. The first-order valence-corrected chi connectivity index (χ1v) is 8.29. The zero-order chi connectivity index (χ0) is 13.4. The van der Waals surface area contributed by atoms with Gasteiger partial charge in [0.25, 0.3) is 0 Å². The summed E-state index contributed by atoms with van der Waals surface area (Å²) in [5.41, 5.74) is 1.13. The molecule has 0 fully saturated rings. The van der Waals surface area contributed by atoms with Crippen LogP contribution in [0.5, 0.6) is 0 Å². The standard InChI is InChI=1S/C13H9ClN2S3/c14-9-3-1-7(2-4-9)10-8(5-15)6-18-12-11(10)19-13(17)16-12/h1-4,8,10H,6H2,(H,16,17). The maximum Gasteiger partial charge on any atom is 0.159 e. The van der Waals surface area contributed by atoms with Gasteiger partial charge in [-0.2, -0.15) is 5.26 Å². The second-order valence-corrected chi connectivity index (χ2v) is 7.47. The fourth-order valence-corrected chi connectivity index (χ4v) is 5.16. The second-order valence-electron chi connectivity index (χ2n) is 4.28. The van der Waals surface area contributed by atoms with E-state index in [0.29, 0.717) is 5.02 Å². The quantitative estimate of drug-likeness (QED) is 0.763. The Labute approximate surface area is 129 Å². The monoisotopic (exact) mass is 324 g/mol. The van der Waals surface area contributed by atoms with Crippen LogP contribution in [0.2, 0.25) is 5.02 Å². The molecular weight excluding hydrogens is 316 g/mol. The summed E-state index contributed by atoms with van der Waals surface area (Å²) in [6.07, 6.45) is 0. The summed E-state index contributed by atoms with van der Waals surface area (Å²) in [6, 6.07) is 10.2. The fraction of sp³-hybridized carbons (Fsp3) is 0.231. The number of hydrogen-bond donors (Lipinski definition) is 1. The van der Waals surface area contributed by atoms with Crippen molar-refractivity contribution < 1.29 is 0 Å². The molecule has 1 N–H and O–H groups in total. The SMILES string of the molecule is N#CC1CSc2[nH]c(=S)sc2C1c1ccc(Cl)cc1. The lowest BCUT2D eigenvalue weighted by Gasteiger charge is -2.26. The Morgan fingerprint density at radius 1 is 1.37 bits per heavy atom. The number of nitrogens with zero attached hydrogens (tertiary/aromatic N) is 1. The van der Waals surface area contributed by atoms with Gasteiger partial charge in [-0.05, 0) is 29.9 Å². The highest BCUT2D eigenvalue weighted by Crippen LogP contribution is 2.46. The molecule has 1 aliphatic rings. The van der Waals surface area contributed by atoms with Crippen molar-refractivity contribution >= 4 is 46.9 Å². The minimum Gasteiger partial charge on any atom is -0.332 e. The van der Waals surface area contributed by atoms with Gasteiger partial charge in [0.05, 0.1) is 17.0 Å². The van der Waals surface area contributed by atoms with E-state index < -0.39 is 0 Å². The molecule has 0 spiro atoms. The van der Waals surface area contributed by atoms with Crippen LogP contribution < -0.4 is 0 Å². The zero-order valence-corrected chi connectivity index (χ0v) is 12.9. The van der Waals surface area contributed by atoms with E-state index in [1.807, 2.05) is 24.3 Å². The number of hydrogen-bond acceptors (Lipinski definition) is 4. The third-order valence-corrected chi connectivity index (χ3v) is 5.96. The van der Waals surface area contributed by atoms with Crippen molar-refractivity contribution in [2.24, 2.45) is 5.92 Å². The van der Waals surface area contributed by atoms with Gasteiger partial charge in [-0.1, -0.05) is 23.7 Å². The predicted octanol–water partition coefficient (Wildman–Crippen LogP) is 4.84. The van der Waals surface area contributed by atoms with Crippen LogP contribution in [-0.4, -0.2) is 10.7 Å². The molecule has 0 radical (unpaired) electrons. The largest absolute Gasteiger partial charge is 0.332 e. The Hall–Kier alpha value is -0.800. The first kappa shape index (κ1) is 13.2. The van der Waals surface area contributed by atoms with Crippen molar-refractivity contribution in [3.05, 3.63) is 43.7 Å². The number of benzene rings is 1. The predicted molar refractivity (Wildman–Crippen MR) is 82.6 cm³/mol. The lowest BCUT2D eigenvalue weighted by Crippen LogP contribution is -2.18. The van der Waals surface area contributed by atoms with Crippen LogP contribution in [0.25, 0.3) is 0 Å². The normalized spacial score (nSPS) is 21.7. The van der Waals surface area contributed by atoms with E-state index in [4.69, 9.17) is 23.8 Å². The van der Waals surface area contributed by atoms with Crippen molar-refractivity contribution in [1.82, 2.24) is 4.98 Å². The van der Waals surface area contributed by atoms with E-state index in [-0.39, 0.29) is 11.8 Å². The van der Waals surface area contributed by atoms with Crippen LogP contribution in [0.4, 0.5) is 0 Å². The number of thioether (sulfide) groups is 1. The first-order valence-electron chi connectivity index (χ1n) is 5.70. The Morgan fingerprint density at radius 2 is 2.11 bits per heavy atom. The van der Waals surface area contributed by atoms with Crippen LogP contribution in [0, 0.1) is 21.2 Å². The molecule has 0 saturated carbocycles. The zero-order valence-electron chi connectivity index (χ0n) is 9.72. The second kappa shape index (κ2) is 5.29. The Kier molecular flexibility index (Phi) is 3.68. The molecule has 2 unspecified atom stereocenters. The Balaban J connectivity index is 2.13. The van der Waals surface area contributed by atoms with E-state index in [1.54, 1.807) is 23.1 Å². The molecule has 2 aromatic rings. The summed E-state index contributed by atoms with van der Waals surface area (Å²) in [4.78, 5) is 4.39. The molecule has 0 saturated heterocycles. The molecule has 2 nitrogen and oxygen atoms in total. The molecule has 0 amide bonds. The number of nitrogens with one attached hydrogen (secondary N) is 1. The van der Waals surface area contributed by atoms with Crippen LogP contribution in [0.15, 0.2) is 29.3 Å². The average molecular weight is 325 g/mol. The fourth-order valence-electron chi connectivity index (χ4n) is 2.26. The lowest BCUT2D eigenvalue weighted by molar-refractivity contribution is 0.632. The van der Waals surface area contributed by atoms with Gasteiger partial charge in [-0.15, -0.1) is 23.1 Å². The summed E-state index contributed by atoms with van der Waals surface area (Å²) < 4.78 is 0.773. The minimum atomic E-state index is -0.0277.